The van der Waals surface area contributed by atoms with Crippen molar-refractivity contribution < 1.29 is 14.3 Å². The van der Waals surface area contributed by atoms with Gasteiger partial charge in [0.25, 0.3) is 0 Å². The Hall–Kier alpha value is -3.30. The normalized spacial score (nSPS) is 19.9. The molecule has 0 amide bonds. The summed E-state index contributed by atoms with van der Waals surface area (Å²) >= 11 is 0.992. The van der Waals surface area contributed by atoms with Gasteiger partial charge in [0.1, 0.15) is 11.3 Å². The van der Waals surface area contributed by atoms with Crippen LogP contribution < -0.4 is 15.0 Å². The standard InChI is InChI=1S/C25H25N5O3S/c1-33-21-6-2-4-16-7-8-18(28-24(16)21)14-27-19-5-3-11-30(15-19)25-26-10-9-17(29-25)12-22-20(31)13-23(32)34-22/h2,4,6-10,12,19,27H,3,5,11,13-15H2,1H3/b22-12-/t19-/m0/s1. The zero-order chi connectivity index (χ0) is 23.5. The van der Waals surface area contributed by atoms with Crippen LogP contribution in [0, 0.1) is 0 Å². The van der Waals surface area contributed by atoms with Crippen molar-refractivity contribution in [1.29, 1.82) is 0 Å². The van der Waals surface area contributed by atoms with E-state index in [-0.39, 0.29) is 23.4 Å². The number of carbonyl (C=O) groups excluding carboxylic acids is 2. The molecule has 4 heterocycles. The zero-order valence-electron chi connectivity index (χ0n) is 18.9. The SMILES string of the molecule is COc1cccc2ccc(CN[C@H]3CCCN(c4nccc(/C=C5\SC(=O)CC5=O)n4)C3)nc12. The van der Waals surface area contributed by atoms with E-state index in [1.54, 1.807) is 25.4 Å². The van der Waals surface area contributed by atoms with Crippen molar-refractivity contribution in [3.05, 3.63) is 58.9 Å². The molecule has 1 atom stereocenters. The maximum Gasteiger partial charge on any atom is 0.225 e. The molecule has 2 saturated heterocycles. The number of para-hydroxylation sites is 1. The second-order valence-corrected chi connectivity index (χ2v) is 9.46. The lowest BCUT2D eigenvalue weighted by molar-refractivity contribution is -0.119. The van der Waals surface area contributed by atoms with E-state index in [1.807, 2.05) is 24.3 Å². The van der Waals surface area contributed by atoms with Crippen LogP contribution in [-0.2, 0) is 16.1 Å². The fourth-order valence-corrected chi connectivity index (χ4v) is 5.08. The Bertz CT molecular complexity index is 1280. The number of ketones is 1. The van der Waals surface area contributed by atoms with Crippen molar-refractivity contribution in [2.45, 2.75) is 31.8 Å². The van der Waals surface area contributed by atoms with Gasteiger partial charge < -0.3 is 15.0 Å². The molecule has 1 N–H and O–H groups in total. The second kappa shape index (κ2) is 9.90. The number of nitrogens with zero attached hydrogens (tertiary/aromatic N) is 4. The highest BCUT2D eigenvalue weighted by Gasteiger charge is 2.26. The van der Waals surface area contributed by atoms with Crippen LogP contribution >= 0.6 is 11.8 Å². The largest absolute Gasteiger partial charge is 0.494 e. The molecule has 2 aromatic heterocycles. The Morgan fingerprint density at radius 1 is 1.21 bits per heavy atom. The minimum Gasteiger partial charge on any atom is -0.494 e. The highest BCUT2D eigenvalue weighted by Crippen LogP contribution is 2.30. The number of aromatic nitrogens is 3. The summed E-state index contributed by atoms with van der Waals surface area (Å²) < 4.78 is 5.46. The average molecular weight is 476 g/mol. The number of allylic oxidation sites excluding steroid dienone is 1. The van der Waals surface area contributed by atoms with Crippen molar-refractivity contribution in [2.24, 2.45) is 0 Å². The third-order valence-electron chi connectivity index (χ3n) is 5.98. The Labute approximate surface area is 201 Å². The molecule has 2 aliphatic rings. The lowest BCUT2D eigenvalue weighted by Crippen LogP contribution is -2.46. The van der Waals surface area contributed by atoms with Gasteiger partial charge in [-0.3, -0.25) is 9.59 Å². The van der Waals surface area contributed by atoms with Gasteiger partial charge in [0.2, 0.25) is 11.1 Å². The first-order valence-electron chi connectivity index (χ1n) is 11.3. The topological polar surface area (TPSA) is 97.3 Å². The van der Waals surface area contributed by atoms with Gasteiger partial charge in [0.15, 0.2) is 5.78 Å². The van der Waals surface area contributed by atoms with Crippen molar-refractivity contribution in [3.8, 4) is 5.75 Å². The van der Waals surface area contributed by atoms with Crippen LogP contribution in [0.25, 0.3) is 17.0 Å². The summed E-state index contributed by atoms with van der Waals surface area (Å²) in [5, 5.41) is 4.57. The van der Waals surface area contributed by atoms with E-state index in [9.17, 15) is 9.59 Å². The third kappa shape index (κ3) is 4.95. The Kier molecular flexibility index (Phi) is 6.55. The Balaban J connectivity index is 1.25. The number of benzene rings is 1. The van der Waals surface area contributed by atoms with E-state index in [2.05, 4.69) is 26.3 Å². The molecule has 0 unspecified atom stereocenters. The molecular formula is C25H25N5O3S. The number of hydrogen-bond acceptors (Lipinski definition) is 9. The summed E-state index contributed by atoms with van der Waals surface area (Å²) in [6.07, 6.45) is 5.43. The summed E-state index contributed by atoms with van der Waals surface area (Å²) in [5.74, 6) is 1.27. The first-order valence-corrected chi connectivity index (χ1v) is 12.1. The molecule has 2 aliphatic heterocycles. The Morgan fingerprint density at radius 2 is 2.12 bits per heavy atom. The predicted molar refractivity (Wildman–Crippen MR) is 133 cm³/mol. The lowest BCUT2D eigenvalue weighted by atomic mass is 10.1. The molecule has 1 aromatic carbocycles. The quantitative estimate of drug-likeness (QED) is 0.425. The summed E-state index contributed by atoms with van der Waals surface area (Å²) in [6, 6.07) is 12.1. The molecule has 0 radical (unpaired) electrons. The molecule has 0 spiro atoms. The maximum atomic E-state index is 11.9. The average Bonchev–Trinajstić information content (AvgIpc) is 3.18. The molecule has 2 fully saturated rings. The highest BCUT2D eigenvalue weighted by atomic mass is 32.2. The van der Waals surface area contributed by atoms with Crippen LogP contribution in [0.5, 0.6) is 5.75 Å². The molecule has 3 aromatic rings. The highest BCUT2D eigenvalue weighted by molar-refractivity contribution is 8.18. The summed E-state index contributed by atoms with van der Waals surface area (Å²) in [5.41, 5.74) is 2.47. The van der Waals surface area contributed by atoms with Gasteiger partial charge in [-0.05, 0) is 48.9 Å². The number of hydrogen-bond donors (Lipinski definition) is 1. The van der Waals surface area contributed by atoms with Crippen molar-refractivity contribution >= 4 is 45.6 Å². The van der Waals surface area contributed by atoms with Crippen molar-refractivity contribution in [2.75, 3.05) is 25.1 Å². The lowest BCUT2D eigenvalue weighted by Gasteiger charge is -2.33. The minimum atomic E-state index is -0.141. The number of fused-ring (bicyclic) bond motifs is 1. The number of nitrogens with one attached hydrogen (secondary N) is 1. The van der Waals surface area contributed by atoms with E-state index in [0.717, 1.165) is 60.0 Å². The summed E-state index contributed by atoms with van der Waals surface area (Å²) in [4.78, 5) is 39.9. The number of pyridine rings is 1. The Morgan fingerprint density at radius 3 is 2.94 bits per heavy atom. The zero-order valence-corrected chi connectivity index (χ0v) is 19.7. The molecule has 174 valence electrons. The first kappa shape index (κ1) is 22.5. The monoisotopic (exact) mass is 475 g/mol. The van der Waals surface area contributed by atoms with Gasteiger partial charge in [-0.25, -0.2) is 15.0 Å². The van der Waals surface area contributed by atoms with Crippen LogP contribution in [0.1, 0.15) is 30.7 Å². The van der Waals surface area contributed by atoms with E-state index in [0.29, 0.717) is 23.1 Å². The van der Waals surface area contributed by atoms with E-state index < -0.39 is 0 Å². The van der Waals surface area contributed by atoms with E-state index in [1.165, 1.54) is 0 Å². The number of rotatable bonds is 6. The molecule has 9 heteroatoms. The molecule has 34 heavy (non-hydrogen) atoms. The number of thioether (sulfide) groups is 1. The fourth-order valence-electron chi connectivity index (χ4n) is 4.27. The number of anilines is 1. The molecule has 0 bridgehead atoms. The van der Waals surface area contributed by atoms with Gasteiger partial charge >= 0.3 is 0 Å². The van der Waals surface area contributed by atoms with Crippen molar-refractivity contribution in [3.63, 3.8) is 0 Å². The molecule has 8 nitrogen and oxygen atoms in total. The molecule has 0 aliphatic carbocycles. The number of methoxy groups -OCH3 is 1. The number of carbonyl (C=O) groups is 2. The van der Waals surface area contributed by atoms with Crippen LogP contribution in [0.15, 0.2) is 47.5 Å². The van der Waals surface area contributed by atoms with Gasteiger partial charge in [0, 0.05) is 37.3 Å². The number of piperidine rings is 1. The van der Waals surface area contributed by atoms with Crippen LogP contribution in [0.2, 0.25) is 0 Å². The molecule has 0 saturated carbocycles. The van der Waals surface area contributed by atoms with E-state index >= 15 is 0 Å². The minimum absolute atomic E-state index is 0.0350. The second-order valence-electron chi connectivity index (χ2n) is 8.36. The van der Waals surface area contributed by atoms with Crippen LogP contribution in [0.3, 0.4) is 0 Å². The van der Waals surface area contributed by atoms with Crippen LogP contribution in [0.4, 0.5) is 5.95 Å². The predicted octanol–water partition coefficient (Wildman–Crippen LogP) is 3.37. The summed E-state index contributed by atoms with van der Waals surface area (Å²) in [6.45, 7) is 2.31. The summed E-state index contributed by atoms with van der Waals surface area (Å²) in [7, 11) is 1.66. The molecule has 5 rings (SSSR count). The van der Waals surface area contributed by atoms with Gasteiger partial charge in [0.05, 0.1) is 29.8 Å². The van der Waals surface area contributed by atoms with Gasteiger partial charge in [-0.15, -0.1) is 0 Å². The smallest absolute Gasteiger partial charge is 0.225 e. The number of ether oxygens (including phenoxy) is 1. The van der Waals surface area contributed by atoms with E-state index in [4.69, 9.17) is 9.72 Å². The van der Waals surface area contributed by atoms with Crippen LogP contribution in [-0.4, -0.2) is 52.1 Å². The van der Waals surface area contributed by atoms with Crippen molar-refractivity contribution in [1.82, 2.24) is 20.3 Å². The van der Waals surface area contributed by atoms with Gasteiger partial charge in [-0.2, -0.15) is 0 Å². The van der Waals surface area contributed by atoms with Gasteiger partial charge in [-0.1, -0.05) is 18.2 Å². The first-order chi connectivity index (χ1) is 16.6. The third-order valence-corrected chi connectivity index (χ3v) is 6.92. The fraction of sp³-hybridized carbons (Fsp3) is 0.320. The molecular weight excluding hydrogens is 450 g/mol. The maximum absolute atomic E-state index is 11.9. The number of Topliss-reactive ketones (excluding diaryl/α,β-unsaturated/α-hetero) is 1.